The Balaban J connectivity index is 1.56. The molecule has 6 nitrogen and oxygen atoms in total. The van der Waals surface area contributed by atoms with Crippen molar-refractivity contribution in [2.75, 3.05) is 43.4 Å². The van der Waals surface area contributed by atoms with E-state index in [2.05, 4.69) is 17.9 Å². The number of unbranched alkanes of at least 4 members (excludes halogenated alkanes) is 2. The molecule has 0 N–H and O–H groups in total. The summed E-state index contributed by atoms with van der Waals surface area (Å²) in [5, 5.41) is 0. The number of hydrogen-bond donors (Lipinski definition) is 0. The molecular formula is C20H31N3O3S. The van der Waals surface area contributed by atoms with Gasteiger partial charge < -0.3 is 4.90 Å². The number of rotatable bonds is 7. The van der Waals surface area contributed by atoms with Gasteiger partial charge in [0, 0.05) is 38.4 Å². The van der Waals surface area contributed by atoms with Crippen LogP contribution in [0.5, 0.6) is 0 Å². The number of carbonyl (C=O) groups excluding carboxylic acids is 1. The summed E-state index contributed by atoms with van der Waals surface area (Å²) in [6.07, 6.45) is 3.59. The fourth-order valence-electron chi connectivity index (χ4n) is 3.98. The second kappa shape index (κ2) is 8.71. The van der Waals surface area contributed by atoms with E-state index >= 15 is 0 Å². The van der Waals surface area contributed by atoms with Gasteiger partial charge in [-0.3, -0.25) is 9.69 Å². The Morgan fingerprint density at radius 3 is 2.48 bits per heavy atom. The van der Waals surface area contributed by atoms with Crippen molar-refractivity contribution in [3.8, 4) is 0 Å². The molecule has 0 aliphatic carbocycles. The maximum Gasteiger partial charge on any atom is 0.244 e. The maximum absolute atomic E-state index is 13.0. The standard InChI is InChI=1S/C20H31N3O3S/c1-3-4-7-16-27(25,26)22-14-12-21(13-15-22)17(2)20(24)23-11-10-18-8-5-6-9-19(18)23/h5-6,8-9,17H,3-4,7,10-16H2,1-2H3. The van der Waals surface area contributed by atoms with Gasteiger partial charge in [-0.05, 0) is 31.4 Å². The molecule has 7 heteroatoms. The van der Waals surface area contributed by atoms with E-state index in [4.69, 9.17) is 0 Å². The highest BCUT2D eigenvalue weighted by Crippen LogP contribution is 2.28. The Morgan fingerprint density at radius 1 is 1.07 bits per heavy atom. The van der Waals surface area contributed by atoms with Crippen molar-refractivity contribution in [2.24, 2.45) is 0 Å². The van der Waals surface area contributed by atoms with Crippen LogP contribution in [0.25, 0.3) is 0 Å². The van der Waals surface area contributed by atoms with Crippen LogP contribution in [0.1, 0.15) is 38.7 Å². The van der Waals surface area contributed by atoms with Gasteiger partial charge >= 0.3 is 0 Å². The Hall–Kier alpha value is -1.44. The molecule has 1 fully saturated rings. The number of nitrogens with zero attached hydrogens (tertiary/aromatic N) is 3. The smallest absolute Gasteiger partial charge is 0.244 e. The third-order valence-electron chi connectivity index (χ3n) is 5.73. The van der Waals surface area contributed by atoms with Crippen LogP contribution in [0.4, 0.5) is 5.69 Å². The van der Waals surface area contributed by atoms with Gasteiger partial charge in [0.1, 0.15) is 0 Å². The van der Waals surface area contributed by atoms with E-state index in [9.17, 15) is 13.2 Å². The zero-order chi connectivity index (χ0) is 19.4. The average Bonchev–Trinajstić information content (AvgIpc) is 3.11. The lowest BCUT2D eigenvalue weighted by Gasteiger charge is -2.38. The van der Waals surface area contributed by atoms with E-state index in [0.717, 1.165) is 37.9 Å². The summed E-state index contributed by atoms with van der Waals surface area (Å²) in [5.41, 5.74) is 2.24. The first kappa shape index (κ1) is 20.3. The summed E-state index contributed by atoms with van der Waals surface area (Å²) in [6, 6.07) is 7.83. The first-order chi connectivity index (χ1) is 12.9. The van der Waals surface area contributed by atoms with E-state index < -0.39 is 10.0 Å². The fourth-order valence-corrected chi connectivity index (χ4v) is 5.53. The van der Waals surface area contributed by atoms with Crippen molar-refractivity contribution in [2.45, 2.75) is 45.6 Å². The SMILES string of the molecule is CCCCCS(=O)(=O)N1CCN(C(C)C(=O)N2CCc3ccccc32)CC1. The van der Waals surface area contributed by atoms with Crippen molar-refractivity contribution in [1.29, 1.82) is 0 Å². The van der Waals surface area contributed by atoms with Crippen molar-refractivity contribution in [3.63, 3.8) is 0 Å². The van der Waals surface area contributed by atoms with Crippen molar-refractivity contribution < 1.29 is 13.2 Å². The molecule has 2 aliphatic heterocycles. The van der Waals surface area contributed by atoms with Crippen LogP contribution in [-0.2, 0) is 21.2 Å². The predicted molar refractivity (Wildman–Crippen MR) is 108 cm³/mol. The van der Waals surface area contributed by atoms with Crippen molar-refractivity contribution in [1.82, 2.24) is 9.21 Å². The molecule has 1 amide bonds. The first-order valence-corrected chi connectivity index (χ1v) is 11.7. The molecule has 1 atom stereocenters. The lowest BCUT2D eigenvalue weighted by atomic mass is 10.1. The van der Waals surface area contributed by atoms with Crippen LogP contribution in [0.3, 0.4) is 0 Å². The number of piperazine rings is 1. The van der Waals surface area contributed by atoms with Crippen molar-refractivity contribution in [3.05, 3.63) is 29.8 Å². The zero-order valence-electron chi connectivity index (χ0n) is 16.4. The van der Waals surface area contributed by atoms with Crippen molar-refractivity contribution >= 4 is 21.6 Å². The molecule has 150 valence electrons. The quantitative estimate of drug-likeness (QED) is 0.666. The second-order valence-corrected chi connectivity index (χ2v) is 9.59. The van der Waals surface area contributed by atoms with Crippen LogP contribution >= 0.6 is 0 Å². The molecule has 0 aromatic heterocycles. The number of fused-ring (bicyclic) bond motifs is 1. The van der Waals surface area contributed by atoms with E-state index in [1.165, 1.54) is 5.56 Å². The van der Waals surface area contributed by atoms with Gasteiger partial charge in [-0.2, -0.15) is 4.31 Å². The van der Waals surface area contributed by atoms with E-state index in [0.29, 0.717) is 26.2 Å². The molecule has 3 rings (SSSR count). The Labute approximate surface area is 163 Å². The highest BCUT2D eigenvalue weighted by Gasteiger charge is 2.34. The number of amides is 1. The van der Waals surface area contributed by atoms with E-state index in [1.54, 1.807) is 4.31 Å². The number of para-hydroxylation sites is 1. The van der Waals surface area contributed by atoms with Gasteiger partial charge in [-0.15, -0.1) is 0 Å². The predicted octanol–water partition coefficient (Wildman–Crippen LogP) is 2.10. The molecule has 1 unspecified atom stereocenters. The molecule has 2 heterocycles. The van der Waals surface area contributed by atoms with Gasteiger partial charge in [0.25, 0.3) is 0 Å². The van der Waals surface area contributed by atoms with Crippen LogP contribution in [0.2, 0.25) is 0 Å². The molecule has 1 saturated heterocycles. The third kappa shape index (κ3) is 4.52. The zero-order valence-corrected chi connectivity index (χ0v) is 17.2. The first-order valence-electron chi connectivity index (χ1n) is 10.0. The van der Waals surface area contributed by atoms with Gasteiger partial charge in [0.15, 0.2) is 0 Å². The van der Waals surface area contributed by atoms with Crippen LogP contribution in [0, 0.1) is 0 Å². The van der Waals surface area contributed by atoms with Crippen LogP contribution < -0.4 is 4.90 Å². The van der Waals surface area contributed by atoms with Gasteiger partial charge in [0.2, 0.25) is 15.9 Å². The Bertz CT molecular complexity index is 757. The molecule has 27 heavy (non-hydrogen) atoms. The molecule has 1 aromatic carbocycles. The largest absolute Gasteiger partial charge is 0.310 e. The normalized spacial score (nSPS) is 19.9. The van der Waals surface area contributed by atoms with Gasteiger partial charge in [0.05, 0.1) is 11.8 Å². The number of anilines is 1. The third-order valence-corrected chi connectivity index (χ3v) is 7.69. The summed E-state index contributed by atoms with van der Waals surface area (Å²) >= 11 is 0. The lowest BCUT2D eigenvalue weighted by molar-refractivity contribution is -0.123. The molecule has 2 aliphatic rings. The Kier molecular flexibility index (Phi) is 6.55. The fraction of sp³-hybridized carbons (Fsp3) is 0.650. The van der Waals surface area contributed by atoms with E-state index in [1.807, 2.05) is 30.0 Å². The van der Waals surface area contributed by atoms with E-state index in [-0.39, 0.29) is 17.7 Å². The highest BCUT2D eigenvalue weighted by molar-refractivity contribution is 7.89. The molecular weight excluding hydrogens is 362 g/mol. The monoisotopic (exact) mass is 393 g/mol. The summed E-state index contributed by atoms with van der Waals surface area (Å²) in [4.78, 5) is 17.0. The molecule has 0 saturated carbocycles. The topological polar surface area (TPSA) is 60.9 Å². The number of sulfonamides is 1. The number of benzene rings is 1. The van der Waals surface area contributed by atoms with Gasteiger partial charge in [-0.1, -0.05) is 38.0 Å². The summed E-state index contributed by atoms with van der Waals surface area (Å²) in [5.74, 6) is 0.346. The highest BCUT2D eigenvalue weighted by atomic mass is 32.2. The minimum atomic E-state index is -3.17. The minimum absolute atomic E-state index is 0.110. The Morgan fingerprint density at radius 2 is 1.78 bits per heavy atom. The molecule has 0 spiro atoms. The summed E-state index contributed by atoms with van der Waals surface area (Å²) in [7, 11) is -3.17. The summed E-state index contributed by atoms with van der Waals surface area (Å²) in [6.45, 7) is 6.90. The molecule has 0 radical (unpaired) electrons. The van der Waals surface area contributed by atoms with Gasteiger partial charge in [-0.25, -0.2) is 8.42 Å². The number of hydrogen-bond acceptors (Lipinski definition) is 4. The second-order valence-electron chi connectivity index (χ2n) is 7.50. The van der Waals surface area contributed by atoms with Crippen LogP contribution in [-0.4, -0.2) is 68.0 Å². The molecule has 1 aromatic rings. The molecule has 0 bridgehead atoms. The lowest BCUT2D eigenvalue weighted by Crippen LogP contribution is -2.55. The summed E-state index contributed by atoms with van der Waals surface area (Å²) < 4.78 is 26.5. The van der Waals surface area contributed by atoms with Crippen LogP contribution in [0.15, 0.2) is 24.3 Å². The average molecular weight is 394 g/mol. The minimum Gasteiger partial charge on any atom is -0.310 e. The number of carbonyl (C=O) groups is 1. The maximum atomic E-state index is 13.0.